The zero-order valence-electron chi connectivity index (χ0n) is 13.9. The highest BCUT2D eigenvalue weighted by atomic mass is 79.9. The van der Waals surface area contributed by atoms with Crippen molar-refractivity contribution in [3.8, 4) is 5.75 Å². The number of aryl methyl sites for hydroxylation is 1. The summed E-state index contributed by atoms with van der Waals surface area (Å²) in [5.41, 5.74) is 4.52. The Kier molecular flexibility index (Phi) is 6.00. The molecule has 3 aromatic rings. The van der Waals surface area contributed by atoms with E-state index in [9.17, 15) is 0 Å². The molecule has 0 bridgehead atoms. The Morgan fingerprint density at radius 2 is 1.76 bits per heavy atom. The highest BCUT2D eigenvalue weighted by molar-refractivity contribution is 9.10. The van der Waals surface area contributed by atoms with Crippen LogP contribution in [0.25, 0.3) is 0 Å². The number of hydrogen-bond donors (Lipinski definition) is 1. The number of halogens is 2. The van der Waals surface area contributed by atoms with Gasteiger partial charge in [-0.05, 0) is 58.7 Å². The molecule has 0 spiro atoms. The summed E-state index contributed by atoms with van der Waals surface area (Å²) in [7, 11) is 0. The quantitative estimate of drug-likeness (QED) is 0.488. The summed E-state index contributed by atoms with van der Waals surface area (Å²) < 4.78 is 6.82. The Balaban J connectivity index is 1.60. The Morgan fingerprint density at radius 3 is 2.48 bits per heavy atom. The maximum absolute atomic E-state index is 6.16. The number of rotatable bonds is 6. The van der Waals surface area contributed by atoms with Crippen molar-refractivity contribution < 1.29 is 4.74 Å². The summed E-state index contributed by atoms with van der Waals surface area (Å²) in [6.45, 7) is 3.29. The second-order valence-corrected chi connectivity index (χ2v) is 7.13. The SMILES string of the molecule is Cc1ccc(NCc2ccc(OCc3ccccc3Cl)c(Br)c2)cc1. The molecule has 3 aromatic carbocycles. The minimum absolute atomic E-state index is 0.444. The molecule has 0 saturated carbocycles. The molecule has 0 radical (unpaired) electrons. The van der Waals surface area contributed by atoms with Crippen molar-refractivity contribution in [2.24, 2.45) is 0 Å². The molecule has 3 rings (SSSR count). The van der Waals surface area contributed by atoms with E-state index in [4.69, 9.17) is 16.3 Å². The molecule has 0 aromatic heterocycles. The largest absolute Gasteiger partial charge is 0.488 e. The summed E-state index contributed by atoms with van der Waals surface area (Å²) in [4.78, 5) is 0. The maximum Gasteiger partial charge on any atom is 0.134 e. The van der Waals surface area contributed by atoms with Crippen molar-refractivity contribution in [2.75, 3.05) is 5.32 Å². The van der Waals surface area contributed by atoms with Gasteiger partial charge in [-0.2, -0.15) is 0 Å². The van der Waals surface area contributed by atoms with E-state index >= 15 is 0 Å². The predicted molar refractivity (Wildman–Crippen MR) is 108 cm³/mol. The van der Waals surface area contributed by atoms with E-state index in [0.717, 1.165) is 33.0 Å². The van der Waals surface area contributed by atoms with Gasteiger partial charge in [-0.15, -0.1) is 0 Å². The highest BCUT2D eigenvalue weighted by Gasteiger charge is 2.05. The fraction of sp³-hybridized carbons (Fsp3) is 0.143. The van der Waals surface area contributed by atoms with Crippen LogP contribution in [0.5, 0.6) is 5.75 Å². The van der Waals surface area contributed by atoms with Gasteiger partial charge in [0, 0.05) is 22.8 Å². The molecule has 2 nitrogen and oxygen atoms in total. The molecule has 0 aliphatic carbocycles. The first-order valence-corrected chi connectivity index (χ1v) is 9.24. The molecule has 0 aliphatic heterocycles. The third-order valence-electron chi connectivity index (χ3n) is 3.89. The number of ether oxygens (including phenoxy) is 1. The first-order chi connectivity index (χ1) is 12.1. The smallest absolute Gasteiger partial charge is 0.134 e. The molecule has 25 heavy (non-hydrogen) atoms. The summed E-state index contributed by atoms with van der Waals surface area (Å²) >= 11 is 9.75. The third kappa shape index (κ3) is 5.00. The molecule has 4 heteroatoms. The van der Waals surface area contributed by atoms with E-state index in [2.05, 4.69) is 64.6 Å². The van der Waals surface area contributed by atoms with E-state index in [1.165, 1.54) is 11.1 Å². The van der Waals surface area contributed by atoms with Gasteiger partial charge in [0.15, 0.2) is 0 Å². The lowest BCUT2D eigenvalue weighted by molar-refractivity contribution is 0.304. The molecular weight excluding hydrogens is 398 g/mol. The van der Waals surface area contributed by atoms with Crippen LogP contribution in [-0.2, 0) is 13.2 Å². The molecular formula is C21H19BrClNO. The van der Waals surface area contributed by atoms with E-state index in [1.807, 2.05) is 30.3 Å². The second-order valence-electron chi connectivity index (χ2n) is 5.86. The molecule has 0 unspecified atom stereocenters. The van der Waals surface area contributed by atoms with Crippen LogP contribution in [0.1, 0.15) is 16.7 Å². The Hall–Kier alpha value is -1.97. The monoisotopic (exact) mass is 415 g/mol. The molecule has 0 saturated heterocycles. The summed E-state index contributed by atoms with van der Waals surface area (Å²) in [6, 6.07) is 22.2. The Morgan fingerprint density at radius 1 is 1.00 bits per heavy atom. The number of benzene rings is 3. The summed E-state index contributed by atoms with van der Waals surface area (Å²) in [5.74, 6) is 0.805. The minimum atomic E-state index is 0.444. The van der Waals surface area contributed by atoms with Gasteiger partial charge in [0.1, 0.15) is 12.4 Å². The number of hydrogen-bond acceptors (Lipinski definition) is 2. The fourth-order valence-corrected chi connectivity index (χ4v) is 3.15. The zero-order valence-corrected chi connectivity index (χ0v) is 16.3. The topological polar surface area (TPSA) is 21.3 Å². The molecule has 1 N–H and O–H groups in total. The van der Waals surface area contributed by atoms with Crippen LogP contribution in [0.15, 0.2) is 71.2 Å². The van der Waals surface area contributed by atoms with Crippen molar-refractivity contribution in [1.82, 2.24) is 0 Å². The lowest BCUT2D eigenvalue weighted by Gasteiger charge is -2.12. The average molecular weight is 417 g/mol. The zero-order chi connectivity index (χ0) is 17.6. The number of nitrogens with one attached hydrogen (secondary N) is 1. The minimum Gasteiger partial charge on any atom is -0.488 e. The van der Waals surface area contributed by atoms with Crippen LogP contribution in [0.3, 0.4) is 0 Å². The van der Waals surface area contributed by atoms with Gasteiger partial charge in [0.05, 0.1) is 4.47 Å². The fourth-order valence-electron chi connectivity index (χ4n) is 2.42. The van der Waals surface area contributed by atoms with Crippen molar-refractivity contribution in [3.63, 3.8) is 0 Å². The Labute approximate surface area is 161 Å². The van der Waals surface area contributed by atoms with E-state index in [-0.39, 0.29) is 0 Å². The van der Waals surface area contributed by atoms with Gasteiger partial charge < -0.3 is 10.1 Å². The van der Waals surface area contributed by atoms with E-state index in [0.29, 0.717) is 6.61 Å². The van der Waals surface area contributed by atoms with Gasteiger partial charge in [0.2, 0.25) is 0 Å². The normalized spacial score (nSPS) is 10.5. The molecule has 0 amide bonds. The van der Waals surface area contributed by atoms with Crippen molar-refractivity contribution in [2.45, 2.75) is 20.1 Å². The summed E-state index contributed by atoms with van der Waals surface area (Å²) in [5, 5.41) is 4.14. The third-order valence-corrected chi connectivity index (χ3v) is 4.87. The highest BCUT2D eigenvalue weighted by Crippen LogP contribution is 2.28. The van der Waals surface area contributed by atoms with Gasteiger partial charge >= 0.3 is 0 Å². The molecule has 0 fully saturated rings. The first-order valence-electron chi connectivity index (χ1n) is 8.07. The van der Waals surface area contributed by atoms with Crippen LogP contribution in [0.4, 0.5) is 5.69 Å². The van der Waals surface area contributed by atoms with Gasteiger partial charge in [-0.25, -0.2) is 0 Å². The molecule has 0 aliphatic rings. The predicted octanol–water partition coefficient (Wildman–Crippen LogP) is 6.60. The van der Waals surface area contributed by atoms with Gasteiger partial charge in [-0.3, -0.25) is 0 Å². The van der Waals surface area contributed by atoms with E-state index in [1.54, 1.807) is 0 Å². The van der Waals surface area contributed by atoms with Gasteiger partial charge in [-0.1, -0.05) is 53.6 Å². The summed E-state index contributed by atoms with van der Waals surface area (Å²) in [6.07, 6.45) is 0. The Bertz CT molecular complexity index is 849. The van der Waals surface area contributed by atoms with Gasteiger partial charge in [0.25, 0.3) is 0 Å². The van der Waals surface area contributed by atoms with Crippen LogP contribution in [0, 0.1) is 6.92 Å². The molecule has 0 heterocycles. The lowest BCUT2D eigenvalue weighted by atomic mass is 10.2. The number of anilines is 1. The van der Waals surface area contributed by atoms with Crippen molar-refractivity contribution in [3.05, 3.63) is 92.9 Å². The van der Waals surface area contributed by atoms with Crippen LogP contribution >= 0.6 is 27.5 Å². The molecule has 0 atom stereocenters. The lowest BCUT2D eigenvalue weighted by Crippen LogP contribution is -2.01. The van der Waals surface area contributed by atoms with Crippen molar-refractivity contribution in [1.29, 1.82) is 0 Å². The van der Waals surface area contributed by atoms with E-state index < -0.39 is 0 Å². The molecule has 128 valence electrons. The van der Waals surface area contributed by atoms with Crippen LogP contribution in [0.2, 0.25) is 5.02 Å². The standard InChI is InChI=1S/C21H19BrClNO/c1-15-6-9-18(10-7-15)24-13-16-8-11-21(19(22)12-16)25-14-17-4-2-3-5-20(17)23/h2-12,24H,13-14H2,1H3. The van der Waals surface area contributed by atoms with Crippen LogP contribution < -0.4 is 10.1 Å². The van der Waals surface area contributed by atoms with Crippen molar-refractivity contribution >= 4 is 33.2 Å². The average Bonchev–Trinajstić information content (AvgIpc) is 2.62. The maximum atomic E-state index is 6.16. The van der Waals surface area contributed by atoms with Crippen LogP contribution in [-0.4, -0.2) is 0 Å². The first kappa shape index (κ1) is 17.8. The second kappa shape index (κ2) is 8.41.